The molecule has 5 rings (SSSR count). The van der Waals surface area contributed by atoms with E-state index in [2.05, 4.69) is 30.9 Å². The molecule has 2 aromatic carbocycles. The van der Waals surface area contributed by atoms with Crippen molar-refractivity contribution in [1.29, 1.82) is 0 Å². The second-order valence-electron chi connectivity index (χ2n) is 11.0. The molecular formula is C31H35FN6O6. The SMILES string of the molecule is CCC(Oc1ccc(-c2noc(C(C)C)n2)cc1)c1nc(-c2ccc(C(=O)N[C@H](C)COC(=O)[C@@H]3CCCN3)c(F)c2)no1. The van der Waals surface area contributed by atoms with E-state index in [1.54, 1.807) is 19.1 Å². The Morgan fingerprint density at radius 2 is 1.70 bits per heavy atom. The van der Waals surface area contributed by atoms with Gasteiger partial charge in [-0.1, -0.05) is 37.2 Å². The number of carbonyl (C=O) groups is 2. The number of aromatic nitrogens is 4. The fourth-order valence-corrected chi connectivity index (χ4v) is 4.60. The van der Waals surface area contributed by atoms with Gasteiger partial charge in [0.1, 0.15) is 24.2 Å². The van der Waals surface area contributed by atoms with Gasteiger partial charge in [-0.05, 0) is 69.1 Å². The van der Waals surface area contributed by atoms with Gasteiger partial charge in [-0.25, -0.2) is 4.39 Å². The number of esters is 1. The number of nitrogens with zero attached hydrogens (tertiary/aromatic N) is 4. The zero-order valence-corrected chi connectivity index (χ0v) is 25.0. The minimum absolute atomic E-state index is 0.0170. The third-order valence-corrected chi connectivity index (χ3v) is 7.08. The summed E-state index contributed by atoms with van der Waals surface area (Å²) in [6, 6.07) is 10.5. The van der Waals surface area contributed by atoms with Gasteiger partial charge >= 0.3 is 5.97 Å². The molecule has 0 aliphatic carbocycles. The second-order valence-corrected chi connectivity index (χ2v) is 11.0. The normalized spacial score (nSPS) is 16.1. The molecule has 0 saturated carbocycles. The van der Waals surface area contributed by atoms with Crippen LogP contribution in [0.1, 0.15) is 81.1 Å². The highest BCUT2D eigenvalue weighted by molar-refractivity contribution is 5.95. The minimum atomic E-state index is -0.754. The molecule has 3 heterocycles. The number of amides is 1. The van der Waals surface area contributed by atoms with Crippen LogP contribution in [0.25, 0.3) is 22.8 Å². The topological polar surface area (TPSA) is 154 Å². The van der Waals surface area contributed by atoms with Gasteiger partial charge in [0.15, 0.2) is 6.10 Å². The van der Waals surface area contributed by atoms with Crippen LogP contribution in [-0.2, 0) is 9.53 Å². The molecule has 1 amide bonds. The summed E-state index contributed by atoms with van der Waals surface area (Å²) in [5.74, 6) is 0.421. The van der Waals surface area contributed by atoms with Crippen molar-refractivity contribution in [1.82, 2.24) is 30.9 Å². The van der Waals surface area contributed by atoms with Crippen LogP contribution < -0.4 is 15.4 Å². The maximum atomic E-state index is 15.0. The summed E-state index contributed by atoms with van der Waals surface area (Å²) >= 11 is 0. The number of carbonyl (C=O) groups excluding carboxylic acids is 2. The summed E-state index contributed by atoms with van der Waals surface area (Å²) in [5.41, 5.74) is 0.961. The van der Waals surface area contributed by atoms with Crippen molar-refractivity contribution in [2.24, 2.45) is 0 Å². The molecule has 1 aliphatic rings. The maximum absolute atomic E-state index is 15.0. The smallest absolute Gasteiger partial charge is 0.323 e. The number of benzene rings is 2. The fourth-order valence-electron chi connectivity index (χ4n) is 4.60. The van der Waals surface area contributed by atoms with E-state index in [9.17, 15) is 14.0 Å². The predicted octanol–water partition coefficient (Wildman–Crippen LogP) is 4.99. The van der Waals surface area contributed by atoms with Gasteiger partial charge in [0.05, 0.1) is 11.6 Å². The number of ether oxygens (including phenoxy) is 2. The van der Waals surface area contributed by atoms with Crippen molar-refractivity contribution in [2.45, 2.75) is 71.1 Å². The first-order valence-corrected chi connectivity index (χ1v) is 14.7. The summed E-state index contributed by atoms with van der Waals surface area (Å²) in [6.45, 7) is 8.31. The average Bonchev–Trinajstić information content (AvgIpc) is 3.81. The minimum Gasteiger partial charge on any atom is -0.481 e. The van der Waals surface area contributed by atoms with Crippen molar-refractivity contribution in [3.63, 3.8) is 0 Å². The Hall–Kier alpha value is -4.65. The molecule has 12 nitrogen and oxygen atoms in total. The highest BCUT2D eigenvalue weighted by Gasteiger charge is 2.25. The van der Waals surface area contributed by atoms with E-state index >= 15 is 0 Å². The third kappa shape index (κ3) is 7.28. The Morgan fingerprint density at radius 3 is 2.34 bits per heavy atom. The summed E-state index contributed by atoms with van der Waals surface area (Å²) in [4.78, 5) is 33.6. The van der Waals surface area contributed by atoms with Gasteiger partial charge < -0.3 is 29.2 Å². The molecule has 0 spiro atoms. The molecule has 0 radical (unpaired) electrons. The van der Waals surface area contributed by atoms with Gasteiger partial charge in [0.2, 0.25) is 17.5 Å². The van der Waals surface area contributed by atoms with Gasteiger partial charge in [-0.3, -0.25) is 9.59 Å². The van der Waals surface area contributed by atoms with Crippen LogP contribution in [0.2, 0.25) is 0 Å². The molecule has 3 atom stereocenters. The largest absolute Gasteiger partial charge is 0.481 e. The lowest BCUT2D eigenvalue weighted by molar-refractivity contribution is -0.146. The Kier molecular flexibility index (Phi) is 9.63. The molecular weight excluding hydrogens is 571 g/mol. The van der Waals surface area contributed by atoms with Gasteiger partial charge in [0.25, 0.3) is 11.8 Å². The number of nitrogens with one attached hydrogen (secondary N) is 2. The number of rotatable bonds is 12. The molecule has 1 fully saturated rings. The van der Waals surface area contributed by atoms with Crippen molar-refractivity contribution in [3.05, 3.63) is 65.6 Å². The lowest BCUT2D eigenvalue weighted by atomic mass is 10.1. The molecule has 44 heavy (non-hydrogen) atoms. The Balaban J connectivity index is 1.18. The van der Waals surface area contributed by atoms with E-state index in [-0.39, 0.29) is 41.8 Å². The predicted molar refractivity (Wildman–Crippen MR) is 156 cm³/mol. The lowest BCUT2D eigenvalue weighted by Crippen LogP contribution is -2.39. The molecule has 2 N–H and O–H groups in total. The zero-order valence-electron chi connectivity index (χ0n) is 25.0. The molecule has 1 aliphatic heterocycles. The Bertz CT molecular complexity index is 1580. The second kappa shape index (κ2) is 13.8. The monoisotopic (exact) mass is 606 g/mol. The van der Waals surface area contributed by atoms with E-state index in [0.717, 1.165) is 24.9 Å². The van der Waals surface area contributed by atoms with Crippen LogP contribution in [0.3, 0.4) is 0 Å². The van der Waals surface area contributed by atoms with Crippen LogP contribution in [0.5, 0.6) is 5.75 Å². The highest BCUT2D eigenvalue weighted by atomic mass is 19.1. The quantitative estimate of drug-likeness (QED) is 0.210. The molecule has 4 aromatic rings. The number of halogens is 1. The molecule has 232 valence electrons. The van der Waals surface area contributed by atoms with E-state index in [0.29, 0.717) is 29.4 Å². The highest BCUT2D eigenvalue weighted by Crippen LogP contribution is 2.28. The Morgan fingerprint density at radius 1 is 1.02 bits per heavy atom. The summed E-state index contributed by atoms with van der Waals surface area (Å²) in [6.07, 6.45) is 1.62. The lowest BCUT2D eigenvalue weighted by Gasteiger charge is -2.16. The summed E-state index contributed by atoms with van der Waals surface area (Å²) in [5, 5.41) is 13.7. The number of hydrogen-bond acceptors (Lipinski definition) is 11. The van der Waals surface area contributed by atoms with Crippen molar-refractivity contribution >= 4 is 11.9 Å². The van der Waals surface area contributed by atoms with E-state index in [1.807, 2.05) is 32.9 Å². The molecule has 1 unspecified atom stereocenters. The van der Waals surface area contributed by atoms with Crippen LogP contribution in [0.15, 0.2) is 51.5 Å². The number of hydrogen-bond donors (Lipinski definition) is 2. The van der Waals surface area contributed by atoms with Gasteiger partial charge in [0, 0.05) is 17.0 Å². The van der Waals surface area contributed by atoms with Crippen LogP contribution in [0.4, 0.5) is 4.39 Å². The summed E-state index contributed by atoms with van der Waals surface area (Å²) < 4.78 is 37.1. The molecule has 2 aromatic heterocycles. The fraction of sp³-hybridized carbons (Fsp3) is 0.419. The van der Waals surface area contributed by atoms with Crippen LogP contribution in [-0.4, -0.2) is 57.4 Å². The van der Waals surface area contributed by atoms with Crippen LogP contribution >= 0.6 is 0 Å². The third-order valence-electron chi connectivity index (χ3n) is 7.08. The molecule has 13 heteroatoms. The van der Waals surface area contributed by atoms with E-state index in [1.165, 1.54) is 18.2 Å². The standard InChI is InChI=1S/C31H35FN6O6/c1-5-25(42-21-11-8-19(9-12-21)26-35-29(17(2)3)43-37-26)30-36-27(38-44-30)20-10-13-22(23(32)15-20)28(39)34-18(4)16-41-31(40)24-7-6-14-33-24/h8-13,15,17-18,24-25,33H,5-7,14,16H2,1-4H3,(H,34,39)/t18-,24+,25?/m1/s1. The average molecular weight is 607 g/mol. The molecule has 0 bridgehead atoms. The van der Waals surface area contributed by atoms with Gasteiger partial charge in [-0.2, -0.15) is 9.97 Å². The first kappa shape index (κ1) is 30.8. The van der Waals surface area contributed by atoms with Crippen LogP contribution in [0, 0.1) is 5.82 Å². The molecule has 1 saturated heterocycles. The Labute approximate surface area is 253 Å². The van der Waals surface area contributed by atoms with Gasteiger partial charge in [-0.15, -0.1) is 0 Å². The van der Waals surface area contributed by atoms with E-state index < -0.39 is 23.9 Å². The maximum Gasteiger partial charge on any atom is 0.323 e. The van der Waals surface area contributed by atoms with Crippen molar-refractivity contribution in [2.75, 3.05) is 13.2 Å². The van der Waals surface area contributed by atoms with E-state index in [4.69, 9.17) is 18.5 Å². The zero-order chi connectivity index (χ0) is 31.2. The van der Waals surface area contributed by atoms with Crippen molar-refractivity contribution < 1.29 is 32.5 Å². The first-order chi connectivity index (χ1) is 21.2. The summed E-state index contributed by atoms with van der Waals surface area (Å²) in [7, 11) is 0. The van der Waals surface area contributed by atoms with Crippen molar-refractivity contribution in [3.8, 4) is 28.5 Å². The first-order valence-electron chi connectivity index (χ1n) is 14.7.